The molecule has 2 amide bonds. The summed E-state index contributed by atoms with van der Waals surface area (Å²) in [5.41, 5.74) is 0.0452. The molecule has 0 saturated carbocycles. The van der Waals surface area contributed by atoms with Gasteiger partial charge >= 0.3 is 6.18 Å². The van der Waals surface area contributed by atoms with Crippen LogP contribution in [0.25, 0.3) is 0 Å². The molecule has 1 aromatic heterocycles. The number of amides is 2. The Morgan fingerprint density at radius 2 is 1.79 bits per heavy atom. The Morgan fingerprint density at radius 3 is 2.47 bits per heavy atom. The van der Waals surface area contributed by atoms with Crippen LogP contribution in [-0.2, 0) is 25.4 Å². The zero-order chi connectivity index (χ0) is 31.1. The summed E-state index contributed by atoms with van der Waals surface area (Å²) in [5, 5.41) is 11.2. The molecule has 4 atom stereocenters. The van der Waals surface area contributed by atoms with E-state index < -0.39 is 76.3 Å². The van der Waals surface area contributed by atoms with E-state index in [1.165, 1.54) is 26.1 Å². The molecule has 2 aromatic rings. The maximum atomic E-state index is 14.5. The van der Waals surface area contributed by atoms with Gasteiger partial charge in [0.1, 0.15) is 5.69 Å². The summed E-state index contributed by atoms with van der Waals surface area (Å²) < 4.78 is 54.7. The van der Waals surface area contributed by atoms with Crippen molar-refractivity contribution in [1.29, 1.82) is 0 Å². The van der Waals surface area contributed by atoms with E-state index in [0.717, 1.165) is 28.2 Å². The number of anilines is 1. The molecule has 0 spiro atoms. The number of aromatic hydroxyl groups is 1. The van der Waals surface area contributed by atoms with Crippen molar-refractivity contribution in [2.45, 2.75) is 31.9 Å². The average molecular weight is 616 g/mol. The molecule has 4 aliphatic rings. The monoisotopic (exact) mass is 615 g/mol. The molecule has 43 heavy (non-hydrogen) atoms. The van der Waals surface area contributed by atoms with Gasteiger partial charge in [0.25, 0.3) is 11.8 Å². The molecule has 4 unspecified atom stereocenters. The Balaban J connectivity index is 1.43. The number of phenolic OH excluding ortho intramolecular Hbond substituents is 1. The number of carbonyl (C=O) groups excluding carboxylic acids is 4. The number of imide groups is 1. The number of rotatable bonds is 3. The second-order valence-electron chi connectivity index (χ2n) is 11.0. The first-order chi connectivity index (χ1) is 20.2. The Labute approximate surface area is 246 Å². The van der Waals surface area contributed by atoms with Crippen LogP contribution >= 0.6 is 11.6 Å². The molecule has 1 saturated heterocycles. The third kappa shape index (κ3) is 4.38. The first-order valence-corrected chi connectivity index (χ1v) is 13.6. The van der Waals surface area contributed by atoms with Gasteiger partial charge in [-0.15, -0.1) is 0 Å². The Bertz CT molecular complexity index is 1750. The van der Waals surface area contributed by atoms with Gasteiger partial charge in [-0.3, -0.25) is 24.2 Å². The van der Waals surface area contributed by atoms with E-state index in [9.17, 15) is 41.8 Å². The van der Waals surface area contributed by atoms with Crippen LogP contribution in [0, 0.1) is 23.6 Å². The number of hydrazine groups is 1. The second-order valence-corrected chi connectivity index (χ2v) is 11.4. The van der Waals surface area contributed by atoms with Gasteiger partial charge in [0.2, 0.25) is 0 Å². The van der Waals surface area contributed by atoms with Gasteiger partial charge in [0.05, 0.1) is 16.9 Å². The second kappa shape index (κ2) is 9.87. The number of aromatic nitrogens is 1. The lowest BCUT2D eigenvalue weighted by molar-refractivity contribution is -0.141. The van der Waals surface area contributed by atoms with Crippen molar-refractivity contribution in [2.75, 3.05) is 12.1 Å². The van der Waals surface area contributed by atoms with Crippen molar-refractivity contribution in [3.63, 3.8) is 0 Å². The van der Waals surface area contributed by atoms with Crippen molar-refractivity contribution in [1.82, 2.24) is 9.99 Å². The lowest BCUT2D eigenvalue weighted by Gasteiger charge is -2.42. The summed E-state index contributed by atoms with van der Waals surface area (Å²) in [6.07, 6.45) is -1.89. The quantitative estimate of drug-likeness (QED) is 0.222. The van der Waals surface area contributed by atoms with E-state index in [4.69, 9.17) is 11.6 Å². The van der Waals surface area contributed by atoms with Crippen molar-refractivity contribution >= 4 is 40.8 Å². The van der Waals surface area contributed by atoms with Gasteiger partial charge in [-0.2, -0.15) is 18.2 Å². The summed E-state index contributed by atoms with van der Waals surface area (Å²) in [6.45, 7) is 1.49. The number of fused-ring (bicyclic) bond motifs is 3. The van der Waals surface area contributed by atoms with Gasteiger partial charge in [0.15, 0.2) is 29.0 Å². The van der Waals surface area contributed by atoms with Gasteiger partial charge < -0.3 is 5.11 Å². The van der Waals surface area contributed by atoms with Crippen LogP contribution in [0.3, 0.4) is 0 Å². The summed E-state index contributed by atoms with van der Waals surface area (Å²) in [4.78, 5) is 57.8. The predicted molar refractivity (Wildman–Crippen MR) is 144 cm³/mol. The Hall–Kier alpha value is -4.32. The minimum absolute atomic E-state index is 0.0473. The average Bonchev–Trinajstić information content (AvgIpc) is 3.21. The fourth-order valence-electron chi connectivity index (χ4n) is 6.65. The minimum Gasteiger partial charge on any atom is -0.505 e. The van der Waals surface area contributed by atoms with Crippen molar-refractivity contribution in [2.24, 2.45) is 17.8 Å². The van der Waals surface area contributed by atoms with Crippen LogP contribution in [0.2, 0.25) is 5.02 Å². The van der Waals surface area contributed by atoms with E-state index in [-0.39, 0.29) is 40.1 Å². The number of carbonyl (C=O) groups is 4. The van der Waals surface area contributed by atoms with E-state index in [0.29, 0.717) is 11.6 Å². The Kier molecular flexibility index (Phi) is 6.60. The van der Waals surface area contributed by atoms with Crippen molar-refractivity contribution in [3.8, 4) is 5.75 Å². The highest BCUT2D eigenvalue weighted by atomic mass is 35.5. The molecule has 3 aliphatic carbocycles. The predicted octanol–water partition coefficient (Wildman–Crippen LogP) is 5.08. The summed E-state index contributed by atoms with van der Waals surface area (Å²) in [7, 11) is 1.21. The van der Waals surface area contributed by atoms with E-state index in [2.05, 4.69) is 4.98 Å². The van der Waals surface area contributed by atoms with Crippen LogP contribution < -0.4 is 5.01 Å². The number of phenols is 1. The molecule has 1 aliphatic heterocycles. The molecule has 6 rings (SSSR count). The molecule has 13 heteroatoms. The van der Waals surface area contributed by atoms with Crippen LogP contribution in [0.15, 0.2) is 64.8 Å². The molecule has 222 valence electrons. The SMILES string of the molecule is CC1=CC(=O)C2=C(CC3C(=CCC4C(=O)N(N(C)c5nc(C(F)(F)F)ccc5Cl)C(=O)C43)C2c2ccc(O)c(F)c2)C1=O. The van der Waals surface area contributed by atoms with Gasteiger partial charge in [-0.25, -0.2) is 9.37 Å². The van der Waals surface area contributed by atoms with Crippen LogP contribution in [0.4, 0.5) is 23.4 Å². The molecular weight excluding hydrogens is 594 g/mol. The highest BCUT2D eigenvalue weighted by Crippen LogP contribution is 2.55. The zero-order valence-electron chi connectivity index (χ0n) is 22.6. The Morgan fingerprint density at radius 1 is 1.07 bits per heavy atom. The molecule has 1 aromatic carbocycles. The lowest BCUT2D eigenvalue weighted by Crippen LogP contribution is -2.46. The lowest BCUT2D eigenvalue weighted by atomic mass is 9.59. The molecule has 2 heterocycles. The van der Waals surface area contributed by atoms with E-state index >= 15 is 0 Å². The number of allylic oxidation sites excluding steroid dienone is 6. The summed E-state index contributed by atoms with van der Waals surface area (Å²) in [5.74, 6) is -7.91. The number of ketones is 2. The maximum Gasteiger partial charge on any atom is 0.433 e. The number of pyridine rings is 1. The maximum absolute atomic E-state index is 14.5. The fraction of sp³-hybridized carbons (Fsp3) is 0.300. The number of halogens is 5. The topological polar surface area (TPSA) is 108 Å². The van der Waals surface area contributed by atoms with Crippen LogP contribution in [0.1, 0.15) is 36.9 Å². The first-order valence-electron chi connectivity index (χ1n) is 13.2. The van der Waals surface area contributed by atoms with Crippen LogP contribution in [0.5, 0.6) is 5.75 Å². The highest BCUT2D eigenvalue weighted by Gasteiger charge is 2.57. The summed E-state index contributed by atoms with van der Waals surface area (Å²) >= 11 is 6.15. The van der Waals surface area contributed by atoms with Crippen LogP contribution in [-0.4, -0.2) is 45.5 Å². The number of Topliss-reactive ketones (excluding diaryl/α,β-unsaturated/α-hetero) is 1. The van der Waals surface area contributed by atoms with Gasteiger partial charge in [-0.05, 0) is 61.6 Å². The van der Waals surface area contributed by atoms with E-state index in [1.54, 1.807) is 6.08 Å². The number of hydrogen-bond acceptors (Lipinski definition) is 7. The molecule has 8 nitrogen and oxygen atoms in total. The van der Waals surface area contributed by atoms with Crippen molar-refractivity contribution < 1.29 is 41.8 Å². The molecular formula is C30H22ClF4N3O5. The number of hydrogen-bond donors (Lipinski definition) is 1. The zero-order valence-corrected chi connectivity index (χ0v) is 23.3. The number of alkyl halides is 3. The number of benzene rings is 1. The fourth-order valence-corrected chi connectivity index (χ4v) is 6.88. The third-order valence-corrected chi connectivity index (χ3v) is 8.86. The van der Waals surface area contributed by atoms with E-state index in [1.807, 2.05) is 0 Å². The smallest absolute Gasteiger partial charge is 0.433 e. The standard InChI is InChI=1S/C30H22ClF4N3O5/c1-12-9-21(40)25-17(26(12)41)11-16-14(23(25)13-3-7-20(39)19(32)10-13)4-5-15-24(16)29(43)38(28(15)42)37(2)27-18(31)6-8-22(36-27)30(33,34)35/h3-4,6-10,15-16,23-24,39H,5,11H2,1-2H3. The van der Waals surface area contributed by atoms with Gasteiger partial charge in [-0.1, -0.05) is 29.3 Å². The number of nitrogens with zero attached hydrogens (tertiary/aromatic N) is 3. The third-order valence-electron chi connectivity index (χ3n) is 8.57. The summed E-state index contributed by atoms with van der Waals surface area (Å²) in [6, 6.07) is 5.27. The van der Waals surface area contributed by atoms with Crippen molar-refractivity contribution in [3.05, 3.63) is 86.9 Å². The largest absolute Gasteiger partial charge is 0.505 e. The normalized spacial score (nSPS) is 25.3. The van der Waals surface area contributed by atoms with Gasteiger partial charge in [0, 0.05) is 29.7 Å². The molecule has 1 N–H and O–H groups in total. The highest BCUT2D eigenvalue weighted by molar-refractivity contribution is 6.33. The minimum atomic E-state index is -4.81. The first kappa shape index (κ1) is 28.8. The molecule has 1 fully saturated rings. The molecule has 0 radical (unpaired) electrons. The molecule has 0 bridgehead atoms.